The summed E-state index contributed by atoms with van der Waals surface area (Å²) in [6, 6.07) is 5.58. The third kappa shape index (κ3) is 5.10. The molecular weight excluding hydrogens is 420 g/mol. The van der Waals surface area contributed by atoms with E-state index in [9.17, 15) is 9.59 Å². The van der Waals surface area contributed by atoms with Crippen molar-refractivity contribution in [2.45, 2.75) is 64.0 Å². The molecular formula is C21H27ClN6O3. The summed E-state index contributed by atoms with van der Waals surface area (Å²) in [4.78, 5) is 29.8. The largest absolute Gasteiger partial charge is 0.446 e. The molecule has 0 radical (unpaired) electrons. The molecule has 2 aromatic rings. The van der Waals surface area contributed by atoms with Gasteiger partial charge in [0.05, 0.1) is 5.69 Å². The van der Waals surface area contributed by atoms with Gasteiger partial charge in [-0.25, -0.2) is 9.78 Å². The minimum absolute atomic E-state index is 0.0537. The number of hydrogen-bond donors (Lipinski definition) is 3. The van der Waals surface area contributed by atoms with Crippen molar-refractivity contribution in [2.75, 3.05) is 16.8 Å². The fourth-order valence-electron chi connectivity index (χ4n) is 4.09. The second-order valence-electron chi connectivity index (χ2n) is 8.33. The van der Waals surface area contributed by atoms with Gasteiger partial charge in [0.15, 0.2) is 11.0 Å². The maximum absolute atomic E-state index is 11.9. The summed E-state index contributed by atoms with van der Waals surface area (Å²) in [6.07, 6.45) is 3.42. The molecule has 2 atom stereocenters. The Bertz CT molecular complexity index is 962. The summed E-state index contributed by atoms with van der Waals surface area (Å²) in [5.41, 5.74) is 1.62. The molecule has 2 aliphatic rings. The Labute approximate surface area is 185 Å². The minimum Gasteiger partial charge on any atom is -0.446 e. The zero-order chi connectivity index (χ0) is 22.0. The molecule has 2 aromatic heterocycles. The number of aromatic amines is 1. The molecule has 1 aliphatic carbocycles. The SMILES string of the molecule is CC(C)NC(=O)O[C@@H]1CC[C@H](c2cc(Nc3ccc(N4CCCC4=O)c(Cl)n3)n[nH]2)C1. The lowest BCUT2D eigenvalue weighted by atomic mass is 10.0. The normalized spacial score (nSPS) is 21.0. The topological polar surface area (TPSA) is 112 Å². The molecule has 10 heteroatoms. The number of hydrogen-bond acceptors (Lipinski definition) is 6. The van der Waals surface area contributed by atoms with Crippen LogP contribution >= 0.6 is 11.6 Å². The summed E-state index contributed by atoms with van der Waals surface area (Å²) >= 11 is 6.32. The van der Waals surface area contributed by atoms with Crippen molar-refractivity contribution >= 4 is 40.9 Å². The highest BCUT2D eigenvalue weighted by molar-refractivity contribution is 6.32. The summed E-state index contributed by atoms with van der Waals surface area (Å²) in [6.45, 7) is 4.47. The zero-order valence-corrected chi connectivity index (χ0v) is 18.4. The number of nitrogens with one attached hydrogen (secondary N) is 3. The molecule has 0 spiro atoms. The van der Waals surface area contributed by atoms with Gasteiger partial charge in [0.1, 0.15) is 11.9 Å². The molecule has 1 saturated heterocycles. The Balaban J connectivity index is 1.35. The van der Waals surface area contributed by atoms with Crippen LogP contribution in [0, 0.1) is 0 Å². The van der Waals surface area contributed by atoms with Crippen LogP contribution in [0.25, 0.3) is 0 Å². The molecule has 31 heavy (non-hydrogen) atoms. The number of rotatable bonds is 6. The smallest absolute Gasteiger partial charge is 0.407 e. The summed E-state index contributed by atoms with van der Waals surface area (Å²) in [5, 5.41) is 13.6. The maximum atomic E-state index is 11.9. The van der Waals surface area contributed by atoms with E-state index in [1.807, 2.05) is 19.9 Å². The average Bonchev–Trinajstić information content (AvgIpc) is 3.43. The van der Waals surface area contributed by atoms with E-state index >= 15 is 0 Å². The number of halogens is 1. The highest BCUT2D eigenvalue weighted by Gasteiger charge is 2.30. The van der Waals surface area contributed by atoms with Gasteiger partial charge in [0.25, 0.3) is 0 Å². The van der Waals surface area contributed by atoms with Crippen LogP contribution in [0.1, 0.15) is 57.6 Å². The van der Waals surface area contributed by atoms with Gasteiger partial charge in [-0.2, -0.15) is 5.10 Å². The van der Waals surface area contributed by atoms with Gasteiger partial charge in [0.2, 0.25) is 5.91 Å². The van der Waals surface area contributed by atoms with Gasteiger partial charge in [-0.1, -0.05) is 11.6 Å². The Kier molecular flexibility index (Phi) is 6.31. The molecule has 0 unspecified atom stereocenters. The van der Waals surface area contributed by atoms with Crippen LogP contribution in [-0.2, 0) is 9.53 Å². The van der Waals surface area contributed by atoms with Crippen molar-refractivity contribution in [1.82, 2.24) is 20.5 Å². The predicted molar refractivity (Wildman–Crippen MR) is 118 cm³/mol. The third-order valence-corrected chi connectivity index (χ3v) is 5.83. The first-order valence-corrected chi connectivity index (χ1v) is 11.0. The second kappa shape index (κ2) is 9.13. The van der Waals surface area contributed by atoms with Crippen LogP contribution in [0.15, 0.2) is 18.2 Å². The molecule has 0 bridgehead atoms. The Hall–Kier alpha value is -2.81. The highest BCUT2D eigenvalue weighted by Crippen LogP contribution is 2.36. The molecule has 9 nitrogen and oxygen atoms in total. The van der Waals surface area contributed by atoms with E-state index in [0.29, 0.717) is 30.3 Å². The van der Waals surface area contributed by atoms with Gasteiger partial charge in [-0.15, -0.1) is 0 Å². The highest BCUT2D eigenvalue weighted by atomic mass is 35.5. The minimum atomic E-state index is -0.366. The van der Waals surface area contributed by atoms with E-state index in [4.69, 9.17) is 16.3 Å². The van der Waals surface area contributed by atoms with Crippen molar-refractivity contribution < 1.29 is 14.3 Å². The quantitative estimate of drug-likeness (QED) is 0.576. The van der Waals surface area contributed by atoms with Gasteiger partial charge < -0.3 is 20.3 Å². The number of pyridine rings is 1. The van der Waals surface area contributed by atoms with E-state index in [-0.39, 0.29) is 35.2 Å². The van der Waals surface area contributed by atoms with Crippen molar-refractivity contribution in [3.63, 3.8) is 0 Å². The average molecular weight is 447 g/mol. The van der Waals surface area contributed by atoms with E-state index in [1.165, 1.54) is 0 Å². The maximum Gasteiger partial charge on any atom is 0.407 e. The number of carbonyl (C=O) groups excluding carboxylic acids is 2. The second-order valence-corrected chi connectivity index (χ2v) is 8.68. The first-order valence-electron chi connectivity index (χ1n) is 10.7. The van der Waals surface area contributed by atoms with E-state index in [1.54, 1.807) is 17.0 Å². The first kappa shape index (κ1) is 21.4. The lowest BCUT2D eigenvalue weighted by Crippen LogP contribution is -2.33. The molecule has 3 N–H and O–H groups in total. The Morgan fingerprint density at radius 1 is 1.32 bits per heavy atom. The van der Waals surface area contributed by atoms with Gasteiger partial charge in [-0.3, -0.25) is 9.89 Å². The zero-order valence-electron chi connectivity index (χ0n) is 17.7. The fraction of sp³-hybridized carbons (Fsp3) is 0.524. The Morgan fingerprint density at radius 2 is 2.16 bits per heavy atom. The van der Waals surface area contributed by atoms with Gasteiger partial charge >= 0.3 is 6.09 Å². The Morgan fingerprint density at radius 3 is 2.87 bits per heavy atom. The predicted octanol–water partition coefficient (Wildman–Crippen LogP) is 4.10. The third-order valence-electron chi connectivity index (χ3n) is 5.55. The number of carbonyl (C=O) groups is 2. The standard InChI is InChI=1S/C21H27ClN6O3/c1-12(2)23-21(30)31-14-6-5-13(10-14)15-11-18(27-26-15)24-17-8-7-16(20(22)25-17)28-9-3-4-19(28)29/h7-8,11-14H,3-6,9-10H2,1-2H3,(H,23,30)(H2,24,25,26,27)/t13-,14+/m0/s1. The van der Waals surface area contributed by atoms with Crippen LogP contribution in [0.4, 0.5) is 22.1 Å². The molecule has 1 aliphatic heterocycles. The molecule has 0 aromatic carbocycles. The lowest BCUT2D eigenvalue weighted by Gasteiger charge is -2.17. The number of nitrogens with zero attached hydrogens (tertiary/aromatic N) is 3. The first-order chi connectivity index (χ1) is 14.9. The van der Waals surface area contributed by atoms with Crippen LogP contribution in [0.5, 0.6) is 0 Å². The van der Waals surface area contributed by atoms with Crippen molar-refractivity contribution in [1.29, 1.82) is 0 Å². The van der Waals surface area contributed by atoms with Crippen LogP contribution in [-0.4, -0.2) is 45.9 Å². The number of H-pyrrole nitrogens is 1. The van der Waals surface area contributed by atoms with E-state index in [0.717, 1.165) is 31.4 Å². The number of alkyl carbamates (subject to hydrolysis) is 1. The fourth-order valence-corrected chi connectivity index (χ4v) is 4.35. The van der Waals surface area contributed by atoms with Crippen LogP contribution in [0.2, 0.25) is 5.15 Å². The number of ether oxygens (including phenoxy) is 1. The molecule has 2 amide bonds. The molecule has 166 valence electrons. The van der Waals surface area contributed by atoms with E-state index < -0.39 is 0 Å². The van der Waals surface area contributed by atoms with Crippen molar-refractivity contribution in [2.24, 2.45) is 0 Å². The van der Waals surface area contributed by atoms with E-state index in [2.05, 4.69) is 25.8 Å². The van der Waals surface area contributed by atoms with Crippen LogP contribution < -0.4 is 15.5 Å². The lowest BCUT2D eigenvalue weighted by molar-refractivity contribution is -0.117. The van der Waals surface area contributed by atoms with Gasteiger partial charge in [-0.05, 0) is 51.7 Å². The summed E-state index contributed by atoms with van der Waals surface area (Å²) in [5.74, 6) is 1.50. The molecule has 4 rings (SSSR count). The molecule has 3 heterocycles. The van der Waals surface area contributed by atoms with Crippen molar-refractivity contribution in [3.05, 3.63) is 29.0 Å². The van der Waals surface area contributed by atoms with Gasteiger partial charge in [0, 0.05) is 36.7 Å². The summed E-state index contributed by atoms with van der Waals surface area (Å²) in [7, 11) is 0. The number of aromatic nitrogens is 3. The van der Waals surface area contributed by atoms with Crippen molar-refractivity contribution in [3.8, 4) is 0 Å². The monoisotopic (exact) mass is 446 g/mol. The summed E-state index contributed by atoms with van der Waals surface area (Å²) < 4.78 is 5.50. The molecule has 2 fully saturated rings. The van der Waals surface area contributed by atoms with Crippen LogP contribution in [0.3, 0.4) is 0 Å². The molecule has 1 saturated carbocycles. The number of amides is 2. The number of anilines is 3.